The summed E-state index contributed by atoms with van der Waals surface area (Å²) in [6.45, 7) is 2.41. The number of carbonyl (C=O) groups is 2. The molecule has 0 aliphatic carbocycles. The summed E-state index contributed by atoms with van der Waals surface area (Å²) in [7, 11) is 0. The fraction of sp³-hybridized carbons (Fsp3) is 0.154. The Bertz CT molecular complexity index is 666. The molecular formula is C13H14ClN5O2. The van der Waals surface area contributed by atoms with E-state index in [4.69, 9.17) is 17.3 Å². The number of halogens is 1. The molecule has 8 heteroatoms. The second-order valence-corrected chi connectivity index (χ2v) is 4.63. The minimum absolute atomic E-state index is 0.0168. The molecule has 1 heterocycles. The van der Waals surface area contributed by atoms with Crippen LogP contribution < -0.4 is 16.4 Å². The fourth-order valence-electron chi connectivity index (χ4n) is 1.67. The minimum atomic E-state index is -0.705. The number of primary amides is 1. The summed E-state index contributed by atoms with van der Waals surface area (Å²) in [4.78, 5) is 23.2. The van der Waals surface area contributed by atoms with Crippen LogP contribution in [0.15, 0.2) is 30.5 Å². The summed E-state index contributed by atoms with van der Waals surface area (Å²) in [6.07, 6.45) is 1.54. The Kier molecular flexibility index (Phi) is 4.44. The van der Waals surface area contributed by atoms with Gasteiger partial charge >= 0.3 is 6.03 Å². The zero-order chi connectivity index (χ0) is 15.4. The third-order valence-electron chi connectivity index (χ3n) is 2.67. The smallest absolute Gasteiger partial charge is 0.323 e. The van der Waals surface area contributed by atoms with Crippen LogP contribution in [0.2, 0.25) is 5.02 Å². The van der Waals surface area contributed by atoms with Gasteiger partial charge < -0.3 is 16.4 Å². The van der Waals surface area contributed by atoms with E-state index in [1.54, 1.807) is 30.5 Å². The Labute approximate surface area is 126 Å². The molecule has 0 saturated heterocycles. The Morgan fingerprint density at radius 2 is 1.95 bits per heavy atom. The monoisotopic (exact) mass is 307 g/mol. The maximum absolute atomic E-state index is 11.9. The first-order valence-electron chi connectivity index (χ1n) is 6.20. The van der Waals surface area contributed by atoms with Gasteiger partial charge in [0.1, 0.15) is 0 Å². The zero-order valence-electron chi connectivity index (χ0n) is 11.3. The number of benzene rings is 1. The number of hydrogen-bond acceptors (Lipinski definition) is 3. The van der Waals surface area contributed by atoms with E-state index in [1.165, 1.54) is 4.68 Å². The van der Waals surface area contributed by atoms with Gasteiger partial charge in [-0.25, -0.2) is 4.79 Å². The molecule has 1 aromatic heterocycles. The average Bonchev–Trinajstić information content (AvgIpc) is 2.84. The normalized spacial score (nSPS) is 10.2. The molecule has 0 bridgehead atoms. The molecule has 7 nitrogen and oxygen atoms in total. The molecule has 0 saturated carbocycles. The van der Waals surface area contributed by atoms with Gasteiger partial charge in [0, 0.05) is 23.5 Å². The van der Waals surface area contributed by atoms with Gasteiger partial charge in [-0.1, -0.05) is 11.6 Å². The summed E-state index contributed by atoms with van der Waals surface area (Å²) < 4.78 is 1.51. The first kappa shape index (κ1) is 14.9. The SMILES string of the molecule is CCn1cc(NC(=O)Nc2ccc(Cl)cc2)c(C(N)=O)n1. The molecule has 0 aliphatic rings. The van der Waals surface area contributed by atoms with Crippen molar-refractivity contribution in [3.8, 4) is 0 Å². The summed E-state index contributed by atoms with van der Waals surface area (Å²) in [6, 6.07) is 6.12. The lowest BCUT2D eigenvalue weighted by Gasteiger charge is -2.06. The van der Waals surface area contributed by atoms with Crippen LogP contribution in [0.25, 0.3) is 0 Å². The van der Waals surface area contributed by atoms with Crippen LogP contribution in [0, 0.1) is 0 Å². The molecule has 1 aromatic carbocycles. The summed E-state index contributed by atoms with van der Waals surface area (Å²) in [5.41, 5.74) is 6.07. The molecule has 0 aliphatic heterocycles. The van der Waals surface area contributed by atoms with E-state index in [1.807, 2.05) is 6.92 Å². The number of carbonyl (C=O) groups excluding carboxylic acids is 2. The number of nitrogens with one attached hydrogen (secondary N) is 2. The average molecular weight is 308 g/mol. The van der Waals surface area contributed by atoms with Crippen molar-refractivity contribution in [3.63, 3.8) is 0 Å². The van der Waals surface area contributed by atoms with Gasteiger partial charge in [0.15, 0.2) is 5.69 Å². The lowest BCUT2D eigenvalue weighted by molar-refractivity contribution is 0.0995. The number of nitrogens with two attached hydrogens (primary N) is 1. The van der Waals surface area contributed by atoms with Gasteiger partial charge in [-0.2, -0.15) is 5.10 Å². The van der Waals surface area contributed by atoms with Crippen molar-refractivity contribution >= 4 is 34.9 Å². The van der Waals surface area contributed by atoms with E-state index in [-0.39, 0.29) is 11.4 Å². The van der Waals surface area contributed by atoms with Crippen molar-refractivity contribution < 1.29 is 9.59 Å². The van der Waals surface area contributed by atoms with Gasteiger partial charge in [0.05, 0.1) is 5.69 Å². The molecule has 0 fully saturated rings. The molecular weight excluding hydrogens is 294 g/mol. The molecule has 0 radical (unpaired) electrons. The Balaban J connectivity index is 2.10. The van der Waals surface area contributed by atoms with Crippen LogP contribution in [0.4, 0.5) is 16.2 Å². The van der Waals surface area contributed by atoms with Crippen LogP contribution in [-0.2, 0) is 6.54 Å². The Hall–Kier alpha value is -2.54. The molecule has 0 atom stereocenters. The maximum atomic E-state index is 11.9. The van der Waals surface area contributed by atoms with Crippen LogP contribution in [0.3, 0.4) is 0 Å². The Morgan fingerprint density at radius 1 is 1.29 bits per heavy atom. The fourth-order valence-corrected chi connectivity index (χ4v) is 1.80. The summed E-state index contributed by atoms with van der Waals surface area (Å²) >= 11 is 5.76. The molecule has 4 N–H and O–H groups in total. The summed E-state index contributed by atoms with van der Waals surface area (Å²) in [5.74, 6) is -0.705. The van der Waals surface area contributed by atoms with Gasteiger partial charge in [0.2, 0.25) is 0 Å². The minimum Gasteiger partial charge on any atom is -0.364 e. The van der Waals surface area contributed by atoms with Crippen molar-refractivity contribution in [2.45, 2.75) is 13.5 Å². The number of aromatic nitrogens is 2. The number of anilines is 2. The number of nitrogens with zero attached hydrogens (tertiary/aromatic N) is 2. The first-order valence-corrected chi connectivity index (χ1v) is 6.58. The van der Waals surface area contributed by atoms with Crippen molar-refractivity contribution in [1.82, 2.24) is 9.78 Å². The van der Waals surface area contributed by atoms with Crippen molar-refractivity contribution in [2.75, 3.05) is 10.6 Å². The van der Waals surface area contributed by atoms with Crippen molar-refractivity contribution in [2.24, 2.45) is 5.73 Å². The van der Waals surface area contributed by atoms with Gasteiger partial charge in [-0.05, 0) is 31.2 Å². The van der Waals surface area contributed by atoms with Crippen LogP contribution in [0.5, 0.6) is 0 Å². The molecule has 2 aromatic rings. The highest BCUT2D eigenvalue weighted by atomic mass is 35.5. The highest BCUT2D eigenvalue weighted by Gasteiger charge is 2.15. The van der Waals surface area contributed by atoms with Gasteiger partial charge in [-0.15, -0.1) is 0 Å². The molecule has 0 spiro atoms. The molecule has 0 unspecified atom stereocenters. The van der Waals surface area contributed by atoms with E-state index in [0.29, 0.717) is 17.3 Å². The van der Waals surface area contributed by atoms with Crippen LogP contribution in [-0.4, -0.2) is 21.7 Å². The van der Waals surface area contributed by atoms with E-state index in [9.17, 15) is 9.59 Å². The number of rotatable bonds is 4. The second kappa shape index (κ2) is 6.27. The largest absolute Gasteiger partial charge is 0.364 e. The van der Waals surface area contributed by atoms with Crippen molar-refractivity contribution in [3.05, 3.63) is 41.2 Å². The lowest BCUT2D eigenvalue weighted by Crippen LogP contribution is -2.22. The zero-order valence-corrected chi connectivity index (χ0v) is 12.0. The third kappa shape index (κ3) is 3.73. The van der Waals surface area contributed by atoms with Crippen LogP contribution >= 0.6 is 11.6 Å². The summed E-state index contributed by atoms with van der Waals surface area (Å²) in [5, 5.41) is 9.71. The molecule has 110 valence electrons. The van der Waals surface area contributed by atoms with E-state index in [2.05, 4.69) is 15.7 Å². The third-order valence-corrected chi connectivity index (χ3v) is 2.92. The first-order chi connectivity index (χ1) is 9.99. The number of aryl methyl sites for hydroxylation is 1. The van der Waals surface area contributed by atoms with Crippen molar-refractivity contribution in [1.29, 1.82) is 0 Å². The standard InChI is InChI=1S/C13H14ClN5O2/c1-2-19-7-10(11(18-19)12(15)20)17-13(21)16-9-5-3-8(14)4-6-9/h3-7H,2H2,1H3,(H2,15,20)(H2,16,17,21). The highest BCUT2D eigenvalue weighted by molar-refractivity contribution is 6.30. The molecule has 3 amide bonds. The van der Waals surface area contributed by atoms with E-state index < -0.39 is 11.9 Å². The predicted molar refractivity (Wildman–Crippen MR) is 80.5 cm³/mol. The Morgan fingerprint density at radius 3 is 2.52 bits per heavy atom. The van der Waals surface area contributed by atoms with Gasteiger partial charge in [-0.3, -0.25) is 9.48 Å². The van der Waals surface area contributed by atoms with E-state index >= 15 is 0 Å². The second-order valence-electron chi connectivity index (χ2n) is 4.20. The quantitative estimate of drug-likeness (QED) is 0.807. The predicted octanol–water partition coefficient (Wildman–Crippen LogP) is 2.30. The highest BCUT2D eigenvalue weighted by Crippen LogP contribution is 2.16. The number of amides is 3. The number of urea groups is 1. The van der Waals surface area contributed by atoms with Crippen LogP contribution in [0.1, 0.15) is 17.4 Å². The van der Waals surface area contributed by atoms with E-state index in [0.717, 1.165) is 0 Å². The molecule has 2 rings (SSSR count). The maximum Gasteiger partial charge on any atom is 0.323 e. The molecule has 21 heavy (non-hydrogen) atoms. The number of hydrogen-bond donors (Lipinski definition) is 3. The topological polar surface area (TPSA) is 102 Å². The lowest BCUT2D eigenvalue weighted by atomic mass is 10.3. The van der Waals surface area contributed by atoms with Gasteiger partial charge in [0.25, 0.3) is 5.91 Å².